The van der Waals surface area contributed by atoms with Crippen molar-refractivity contribution in [1.29, 1.82) is 0 Å². The summed E-state index contributed by atoms with van der Waals surface area (Å²) in [6.07, 6.45) is 1.90. The summed E-state index contributed by atoms with van der Waals surface area (Å²) in [5.41, 5.74) is 3.12. The molecular weight excluding hydrogens is 448 g/mol. The van der Waals surface area contributed by atoms with E-state index < -0.39 is 5.97 Å². The zero-order valence-electron chi connectivity index (χ0n) is 19.1. The number of aromatic carboxylic acids is 1. The molecule has 0 bridgehead atoms. The van der Waals surface area contributed by atoms with Crippen molar-refractivity contribution >= 4 is 34.7 Å². The van der Waals surface area contributed by atoms with Gasteiger partial charge in [0.15, 0.2) is 11.6 Å². The topological polar surface area (TPSA) is 112 Å². The summed E-state index contributed by atoms with van der Waals surface area (Å²) in [5.74, 6) is 0.445. The van der Waals surface area contributed by atoms with E-state index in [1.54, 1.807) is 31.3 Å². The van der Waals surface area contributed by atoms with Gasteiger partial charge >= 0.3 is 12.0 Å². The molecule has 3 heterocycles. The number of nitrogens with one attached hydrogen (secondary N) is 1. The second kappa shape index (κ2) is 9.43. The molecule has 0 radical (unpaired) electrons. The fourth-order valence-corrected chi connectivity index (χ4v) is 3.90. The van der Waals surface area contributed by atoms with Crippen LogP contribution in [0.1, 0.15) is 10.4 Å². The highest BCUT2D eigenvalue weighted by atomic mass is 16.5. The Bertz CT molecular complexity index is 1360. The van der Waals surface area contributed by atoms with E-state index in [1.807, 2.05) is 35.0 Å². The Balaban J connectivity index is 1.33. The van der Waals surface area contributed by atoms with E-state index >= 15 is 0 Å². The monoisotopic (exact) mass is 472 g/mol. The van der Waals surface area contributed by atoms with Gasteiger partial charge in [0, 0.05) is 43.3 Å². The molecule has 2 aromatic heterocycles. The van der Waals surface area contributed by atoms with Gasteiger partial charge in [-0.3, -0.25) is 4.90 Å². The minimum absolute atomic E-state index is 0.162. The summed E-state index contributed by atoms with van der Waals surface area (Å²) >= 11 is 0. The molecule has 0 unspecified atom stereocenters. The molecule has 2 aromatic carbocycles. The zero-order chi connectivity index (χ0) is 24.4. The maximum absolute atomic E-state index is 12.7. The molecule has 2 N–H and O–H groups in total. The zero-order valence-corrected chi connectivity index (χ0v) is 19.1. The minimum Gasteiger partial charge on any atom is -0.478 e. The normalized spacial score (nSPS) is 13.6. The molecule has 0 spiro atoms. The lowest BCUT2D eigenvalue weighted by Gasteiger charge is -2.28. The van der Waals surface area contributed by atoms with Gasteiger partial charge in [-0.25, -0.2) is 19.1 Å². The molecule has 1 fully saturated rings. The fraction of sp³-hybridized carbons (Fsp3) is 0.200. The number of nitrogens with zero attached hydrogens (tertiary/aromatic N) is 5. The van der Waals surface area contributed by atoms with Crippen molar-refractivity contribution in [3.63, 3.8) is 0 Å². The number of hydrogen-bond donors (Lipinski definition) is 2. The van der Waals surface area contributed by atoms with Crippen molar-refractivity contribution in [3.8, 4) is 11.4 Å². The number of benzene rings is 2. The Morgan fingerprint density at radius 1 is 1.03 bits per heavy atom. The number of urea groups is 1. The Hall–Kier alpha value is -4.44. The van der Waals surface area contributed by atoms with E-state index in [-0.39, 0.29) is 11.6 Å². The third-order valence-electron chi connectivity index (χ3n) is 5.88. The van der Waals surface area contributed by atoms with Crippen LogP contribution in [0.2, 0.25) is 0 Å². The van der Waals surface area contributed by atoms with Gasteiger partial charge < -0.3 is 20.1 Å². The molecule has 10 nitrogen and oxygen atoms in total. The lowest BCUT2D eigenvalue weighted by Crippen LogP contribution is -2.37. The van der Waals surface area contributed by atoms with Gasteiger partial charge in [-0.1, -0.05) is 0 Å². The van der Waals surface area contributed by atoms with Crippen molar-refractivity contribution in [1.82, 2.24) is 14.6 Å². The molecule has 2 amide bonds. The molecule has 1 aliphatic heterocycles. The molecular formula is C25H24N6O4. The number of carbonyl (C=O) groups is 2. The van der Waals surface area contributed by atoms with Crippen molar-refractivity contribution < 1.29 is 19.4 Å². The number of ether oxygens (including phenoxy) is 1. The average Bonchev–Trinajstić information content (AvgIpc) is 3.37. The first-order valence-corrected chi connectivity index (χ1v) is 11.2. The average molecular weight is 473 g/mol. The first-order valence-electron chi connectivity index (χ1n) is 11.2. The molecule has 4 aromatic rings. The number of carboxylic acid groups (broad SMARTS) is 1. The van der Waals surface area contributed by atoms with Crippen LogP contribution in [0.4, 0.5) is 22.0 Å². The lowest BCUT2D eigenvalue weighted by atomic mass is 10.2. The molecule has 35 heavy (non-hydrogen) atoms. The number of amides is 2. The summed E-state index contributed by atoms with van der Waals surface area (Å²) < 4.78 is 7.31. The van der Waals surface area contributed by atoms with E-state index in [4.69, 9.17) is 14.8 Å². The van der Waals surface area contributed by atoms with Gasteiger partial charge in [0.1, 0.15) is 5.52 Å². The molecule has 5 rings (SSSR count). The highest BCUT2D eigenvalue weighted by Crippen LogP contribution is 2.25. The maximum Gasteiger partial charge on any atom is 0.335 e. The summed E-state index contributed by atoms with van der Waals surface area (Å²) in [7, 11) is 1.62. The van der Waals surface area contributed by atoms with Gasteiger partial charge in [-0.15, -0.1) is 5.10 Å². The Morgan fingerprint density at radius 3 is 2.43 bits per heavy atom. The number of rotatable bonds is 5. The van der Waals surface area contributed by atoms with Crippen LogP contribution in [0.15, 0.2) is 66.9 Å². The van der Waals surface area contributed by atoms with Crippen molar-refractivity contribution in [2.45, 2.75) is 0 Å². The SMILES string of the molecule is CN(C(=O)Nc1ccc(-c2nc(N3CCOCC3)c3cccn3n2)cc1)c1ccc(C(=O)O)cc1. The third-order valence-corrected chi connectivity index (χ3v) is 5.88. The molecule has 1 saturated heterocycles. The van der Waals surface area contributed by atoms with E-state index in [0.717, 1.165) is 30.0 Å². The number of hydrogen-bond acceptors (Lipinski definition) is 6. The first-order chi connectivity index (χ1) is 17.0. The standard InChI is InChI=1S/C25H24N6O4/c1-29(20-10-6-18(7-11-20)24(32)33)25(34)26-19-8-4-17(5-9-19)22-27-23(30-13-15-35-16-14-30)21-3-2-12-31(21)28-22/h2-12H,13-16H2,1H3,(H,26,34)(H,32,33). The summed E-state index contributed by atoms with van der Waals surface area (Å²) in [5, 5.41) is 16.5. The van der Waals surface area contributed by atoms with E-state index in [0.29, 0.717) is 30.4 Å². The minimum atomic E-state index is -1.01. The van der Waals surface area contributed by atoms with Crippen LogP contribution >= 0.6 is 0 Å². The van der Waals surface area contributed by atoms with Gasteiger partial charge in [-0.05, 0) is 60.7 Å². The number of morpholine rings is 1. The number of aromatic nitrogens is 3. The predicted octanol–water partition coefficient (Wildman–Crippen LogP) is 3.60. The maximum atomic E-state index is 12.7. The predicted molar refractivity (Wildman–Crippen MR) is 132 cm³/mol. The van der Waals surface area contributed by atoms with Gasteiger partial charge in [0.25, 0.3) is 0 Å². The van der Waals surface area contributed by atoms with Crippen LogP contribution in [-0.4, -0.2) is 65.1 Å². The summed E-state index contributed by atoms with van der Waals surface area (Å²) in [4.78, 5) is 32.2. The highest BCUT2D eigenvalue weighted by molar-refractivity contribution is 6.01. The second-order valence-electron chi connectivity index (χ2n) is 8.11. The van der Waals surface area contributed by atoms with E-state index in [9.17, 15) is 9.59 Å². The number of carbonyl (C=O) groups excluding carboxylic acids is 1. The number of anilines is 3. The van der Waals surface area contributed by atoms with Crippen molar-refractivity contribution in [3.05, 3.63) is 72.4 Å². The number of carboxylic acids is 1. The summed E-state index contributed by atoms with van der Waals surface area (Å²) in [6, 6.07) is 17.0. The van der Waals surface area contributed by atoms with Crippen LogP contribution in [0.5, 0.6) is 0 Å². The quantitative estimate of drug-likeness (QED) is 0.456. The van der Waals surface area contributed by atoms with Gasteiger partial charge in [0.05, 0.1) is 18.8 Å². The molecule has 10 heteroatoms. The third kappa shape index (κ3) is 4.64. The van der Waals surface area contributed by atoms with Crippen LogP contribution in [0.25, 0.3) is 16.9 Å². The fourth-order valence-electron chi connectivity index (χ4n) is 3.90. The van der Waals surface area contributed by atoms with E-state index in [2.05, 4.69) is 15.3 Å². The Morgan fingerprint density at radius 2 is 1.74 bits per heavy atom. The molecule has 0 atom stereocenters. The highest BCUT2D eigenvalue weighted by Gasteiger charge is 2.18. The smallest absolute Gasteiger partial charge is 0.335 e. The van der Waals surface area contributed by atoms with Crippen LogP contribution in [0.3, 0.4) is 0 Å². The molecule has 1 aliphatic rings. The first kappa shape index (κ1) is 22.4. The van der Waals surface area contributed by atoms with E-state index in [1.165, 1.54) is 17.0 Å². The molecule has 178 valence electrons. The van der Waals surface area contributed by atoms with Gasteiger partial charge in [-0.2, -0.15) is 0 Å². The van der Waals surface area contributed by atoms with Gasteiger partial charge in [0.2, 0.25) is 0 Å². The van der Waals surface area contributed by atoms with Crippen LogP contribution < -0.4 is 15.1 Å². The van der Waals surface area contributed by atoms with Crippen molar-refractivity contribution in [2.24, 2.45) is 0 Å². The molecule has 0 aliphatic carbocycles. The molecule has 0 saturated carbocycles. The van der Waals surface area contributed by atoms with Crippen LogP contribution in [-0.2, 0) is 4.74 Å². The number of fused-ring (bicyclic) bond motifs is 1. The Kier molecular flexibility index (Phi) is 6.02. The second-order valence-corrected chi connectivity index (χ2v) is 8.11. The summed E-state index contributed by atoms with van der Waals surface area (Å²) in [6.45, 7) is 2.88. The lowest BCUT2D eigenvalue weighted by molar-refractivity contribution is 0.0697. The largest absolute Gasteiger partial charge is 0.478 e. The van der Waals surface area contributed by atoms with Crippen LogP contribution in [0, 0.1) is 0 Å². The Labute approximate surface area is 201 Å². The van der Waals surface area contributed by atoms with Crippen molar-refractivity contribution in [2.75, 3.05) is 48.5 Å².